The second-order valence-corrected chi connectivity index (χ2v) is 7.08. The maximum Gasteiger partial charge on any atom is 0.340 e. The molecule has 0 aliphatic heterocycles. The van der Waals surface area contributed by atoms with Crippen LogP contribution in [0.15, 0.2) is 60.7 Å². The van der Waals surface area contributed by atoms with Crippen LogP contribution >= 0.6 is 0 Å². The Balaban J connectivity index is 1.81. The number of esters is 1. The number of methoxy groups -OCH3 is 1. The number of rotatable bonds is 7. The summed E-state index contributed by atoms with van der Waals surface area (Å²) in [5, 5.41) is 3.34. The second kappa shape index (κ2) is 9.27. The fourth-order valence-corrected chi connectivity index (χ4v) is 3.13. The van der Waals surface area contributed by atoms with Gasteiger partial charge in [0.1, 0.15) is 12.4 Å². The van der Waals surface area contributed by atoms with E-state index in [9.17, 15) is 9.59 Å². The van der Waals surface area contributed by atoms with Gasteiger partial charge in [0.15, 0.2) is 5.78 Å². The van der Waals surface area contributed by atoms with Crippen molar-refractivity contribution in [2.75, 3.05) is 12.4 Å². The molecule has 3 aromatic rings. The third-order valence-corrected chi connectivity index (χ3v) is 5.07. The molecule has 0 aromatic heterocycles. The lowest BCUT2D eigenvalue weighted by molar-refractivity contribution is 0.0471. The maximum absolute atomic E-state index is 12.8. The zero-order valence-electron chi connectivity index (χ0n) is 17.6. The van der Waals surface area contributed by atoms with Gasteiger partial charge in [-0.3, -0.25) is 4.79 Å². The highest BCUT2D eigenvalue weighted by atomic mass is 16.5. The van der Waals surface area contributed by atoms with Gasteiger partial charge >= 0.3 is 5.97 Å². The topological polar surface area (TPSA) is 64.6 Å². The monoisotopic (exact) mass is 403 g/mol. The molecule has 0 aliphatic rings. The van der Waals surface area contributed by atoms with Crippen molar-refractivity contribution in [3.63, 3.8) is 0 Å². The zero-order chi connectivity index (χ0) is 21.7. The van der Waals surface area contributed by atoms with E-state index in [2.05, 4.69) is 5.32 Å². The summed E-state index contributed by atoms with van der Waals surface area (Å²) in [6.07, 6.45) is 0. The highest BCUT2D eigenvalue weighted by Gasteiger charge is 2.15. The number of nitrogens with one attached hydrogen (secondary N) is 1. The van der Waals surface area contributed by atoms with Crippen LogP contribution in [0.1, 0.15) is 44.3 Å². The van der Waals surface area contributed by atoms with Gasteiger partial charge in [0.25, 0.3) is 0 Å². The molecule has 0 radical (unpaired) electrons. The Hall–Kier alpha value is -3.60. The molecule has 0 amide bonds. The quantitative estimate of drug-likeness (QED) is 0.410. The largest absolute Gasteiger partial charge is 0.496 e. The van der Waals surface area contributed by atoms with E-state index in [1.165, 1.54) is 14.0 Å². The SMILES string of the molecule is COc1ccc(C(C)=O)cc1COC(=O)c1ccccc1Nc1cccc(C)c1C. The van der Waals surface area contributed by atoms with E-state index in [4.69, 9.17) is 9.47 Å². The van der Waals surface area contributed by atoms with E-state index in [1.54, 1.807) is 30.3 Å². The van der Waals surface area contributed by atoms with Crippen LogP contribution in [-0.2, 0) is 11.3 Å². The molecule has 3 aromatic carbocycles. The van der Waals surface area contributed by atoms with E-state index in [-0.39, 0.29) is 12.4 Å². The predicted octanol–water partition coefficient (Wildman–Crippen LogP) is 5.62. The number of ether oxygens (including phenoxy) is 2. The fraction of sp³-hybridized carbons (Fsp3) is 0.200. The fourth-order valence-electron chi connectivity index (χ4n) is 3.13. The summed E-state index contributed by atoms with van der Waals surface area (Å²) in [5.41, 5.74) is 5.49. The molecule has 3 rings (SSSR count). The number of Topliss-reactive ketones (excluding diaryl/α,β-unsaturated/α-hetero) is 1. The van der Waals surface area contributed by atoms with Crippen LogP contribution in [0.25, 0.3) is 0 Å². The molecule has 0 bridgehead atoms. The van der Waals surface area contributed by atoms with E-state index >= 15 is 0 Å². The third kappa shape index (κ3) is 4.69. The van der Waals surface area contributed by atoms with Crippen LogP contribution in [-0.4, -0.2) is 18.9 Å². The standard InChI is InChI=1S/C25H25NO4/c1-16-8-7-11-22(17(16)2)26-23-10-6-5-9-21(23)25(28)30-15-20-14-19(18(3)27)12-13-24(20)29-4/h5-14,26H,15H2,1-4H3. The lowest BCUT2D eigenvalue weighted by Gasteiger charge is -2.15. The molecule has 0 aliphatic carbocycles. The Labute approximate surface area is 176 Å². The van der Waals surface area contributed by atoms with Crippen molar-refractivity contribution in [1.29, 1.82) is 0 Å². The van der Waals surface area contributed by atoms with E-state index < -0.39 is 5.97 Å². The third-order valence-electron chi connectivity index (χ3n) is 5.07. The van der Waals surface area contributed by atoms with Gasteiger partial charge < -0.3 is 14.8 Å². The van der Waals surface area contributed by atoms with Gasteiger partial charge in [-0.2, -0.15) is 0 Å². The first-order valence-electron chi connectivity index (χ1n) is 9.68. The molecule has 154 valence electrons. The Morgan fingerprint density at radius 2 is 1.67 bits per heavy atom. The van der Waals surface area contributed by atoms with E-state index in [1.807, 2.05) is 44.2 Å². The van der Waals surface area contributed by atoms with Gasteiger partial charge in [-0.25, -0.2) is 4.79 Å². The van der Waals surface area contributed by atoms with Gasteiger partial charge in [0, 0.05) is 16.8 Å². The molecule has 0 atom stereocenters. The van der Waals surface area contributed by atoms with Crippen molar-refractivity contribution in [3.05, 3.63) is 88.5 Å². The normalized spacial score (nSPS) is 10.4. The van der Waals surface area contributed by atoms with Crippen LogP contribution in [0.4, 0.5) is 11.4 Å². The molecule has 0 spiro atoms. The molecule has 1 N–H and O–H groups in total. The van der Waals surface area contributed by atoms with E-state index in [0.717, 1.165) is 16.8 Å². The van der Waals surface area contributed by atoms with Crippen molar-refractivity contribution < 1.29 is 19.1 Å². The number of aryl methyl sites for hydroxylation is 1. The molecular formula is C25H25NO4. The summed E-state index contributed by atoms with van der Waals surface area (Å²) in [7, 11) is 1.54. The minimum Gasteiger partial charge on any atom is -0.496 e. The lowest BCUT2D eigenvalue weighted by Crippen LogP contribution is -2.09. The van der Waals surface area contributed by atoms with Gasteiger partial charge in [-0.1, -0.05) is 24.3 Å². The highest BCUT2D eigenvalue weighted by molar-refractivity contribution is 5.97. The minimum absolute atomic E-state index is 0.000926. The Morgan fingerprint density at radius 3 is 2.40 bits per heavy atom. The number of benzene rings is 3. The van der Waals surface area contributed by atoms with Crippen molar-refractivity contribution in [2.24, 2.45) is 0 Å². The average molecular weight is 403 g/mol. The van der Waals surface area contributed by atoms with Gasteiger partial charge in [-0.15, -0.1) is 0 Å². The molecule has 0 unspecified atom stereocenters. The van der Waals surface area contributed by atoms with Crippen LogP contribution in [0.3, 0.4) is 0 Å². The summed E-state index contributed by atoms with van der Waals surface area (Å²) in [4.78, 5) is 24.5. The predicted molar refractivity (Wildman–Crippen MR) is 118 cm³/mol. The molecule has 30 heavy (non-hydrogen) atoms. The number of para-hydroxylation sites is 1. The Bertz CT molecular complexity index is 1090. The van der Waals surface area contributed by atoms with Crippen LogP contribution in [0, 0.1) is 13.8 Å². The zero-order valence-corrected chi connectivity index (χ0v) is 17.6. The molecule has 5 heteroatoms. The molecule has 0 fully saturated rings. The first-order chi connectivity index (χ1) is 14.4. The summed E-state index contributed by atoms with van der Waals surface area (Å²) in [6.45, 7) is 5.57. The van der Waals surface area contributed by atoms with Crippen molar-refractivity contribution in [3.8, 4) is 5.75 Å². The van der Waals surface area contributed by atoms with Crippen molar-refractivity contribution in [2.45, 2.75) is 27.4 Å². The number of carbonyl (C=O) groups is 2. The minimum atomic E-state index is -0.460. The number of hydrogen-bond acceptors (Lipinski definition) is 5. The second-order valence-electron chi connectivity index (χ2n) is 7.08. The van der Waals surface area contributed by atoms with Gasteiger partial charge in [-0.05, 0) is 68.3 Å². The van der Waals surface area contributed by atoms with Crippen LogP contribution in [0.2, 0.25) is 0 Å². The van der Waals surface area contributed by atoms with E-state index in [0.29, 0.717) is 28.1 Å². The summed E-state index contributed by atoms with van der Waals surface area (Å²) in [5.74, 6) is 0.0431. The first-order valence-corrected chi connectivity index (χ1v) is 9.68. The summed E-state index contributed by atoms with van der Waals surface area (Å²) in [6, 6.07) is 18.3. The molecule has 0 heterocycles. The van der Waals surface area contributed by atoms with Gasteiger partial charge in [0.05, 0.1) is 18.4 Å². The summed E-state index contributed by atoms with van der Waals surface area (Å²) >= 11 is 0. The first kappa shape index (κ1) is 21.1. The molecular weight excluding hydrogens is 378 g/mol. The molecule has 5 nitrogen and oxygen atoms in total. The van der Waals surface area contributed by atoms with Crippen molar-refractivity contribution >= 4 is 23.1 Å². The molecule has 0 saturated heterocycles. The number of carbonyl (C=O) groups excluding carboxylic acids is 2. The number of ketones is 1. The van der Waals surface area contributed by atoms with Gasteiger partial charge in [0.2, 0.25) is 0 Å². The average Bonchev–Trinajstić information content (AvgIpc) is 2.75. The molecule has 0 saturated carbocycles. The van der Waals surface area contributed by atoms with Crippen LogP contribution < -0.4 is 10.1 Å². The number of anilines is 2. The Kier molecular flexibility index (Phi) is 6.52. The lowest BCUT2D eigenvalue weighted by atomic mass is 10.1. The summed E-state index contributed by atoms with van der Waals surface area (Å²) < 4.78 is 10.9. The van der Waals surface area contributed by atoms with Crippen molar-refractivity contribution in [1.82, 2.24) is 0 Å². The highest BCUT2D eigenvalue weighted by Crippen LogP contribution is 2.27. The van der Waals surface area contributed by atoms with Crippen LogP contribution in [0.5, 0.6) is 5.75 Å². The Morgan fingerprint density at radius 1 is 0.933 bits per heavy atom. The number of hydrogen-bond donors (Lipinski definition) is 1. The smallest absolute Gasteiger partial charge is 0.340 e. The maximum atomic E-state index is 12.8.